The maximum absolute atomic E-state index is 12.2. The third-order valence-corrected chi connectivity index (χ3v) is 4.41. The van der Waals surface area contributed by atoms with E-state index in [9.17, 15) is 4.79 Å². The fraction of sp³-hybridized carbons (Fsp3) is 0.0870. The predicted octanol–water partition coefficient (Wildman–Crippen LogP) is 4.61. The quantitative estimate of drug-likeness (QED) is 0.540. The standard InChI is InChI=1S/C23H20N4O/c1-16-10-11-21-19(12-16)15-25-23(27-21)26-20-9-5-6-17(13-20)14-24-22(28)18-7-3-2-4-8-18/h2-13,15H,14H2,1H3,(H,24,28)(H,25,26,27). The molecule has 1 aromatic heterocycles. The number of nitrogens with zero attached hydrogens (tertiary/aromatic N) is 2. The summed E-state index contributed by atoms with van der Waals surface area (Å²) in [4.78, 5) is 21.2. The predicted molar refractivity (Wildman–Crippen MR) is 112 cm³/mol. The van der Waals surface area contributed by atoms with E-state index >= 15 is 0 Å². The van der Waals surface area contributed by atoms with Crippen LogP contribution in [0.25, 0.3) is 10.9 Å². The van der Waals surface area contributed by atoms with Gasteiger partial charge in [0.15, 0.2) is 0 Å². The Bertz CT molecular complexity index is 1130. The van der Waals surface area contributed by atoms with Crippen LogP contribution in [0.2, 0.25) is 0 Å². The summed E-state index contributed by atoms with van der Waals surface area (Å²) in [6.07, 6.45) is 1.82. The fourth-order valence-electron chi connectivity index (χ4n) is 2.98. The number of nitrogens with one attached hydrogen (secondary N) is 2. The van der Waals surface area contributed by atoms with Crippen LogP contribution < -0.4 is 10.6 Å². The van der Waals surface area contributed by atoms with Crippen molar-refractivity contribution in [3.63, 3.8) is 0 Å². The van der Waals surface area contributed by atoms with Crippen LogP contribution in [0.4, 0.5) is 11.6 Å². The van der Waals surface area contributed by atoms with Crippen LogP contribution in [0.15, 0.2) is 79.0 Å². The van der Waals surface area contributed by atoms with Gasteiger partial charge in [-0.15, -0.1) is 0 Å². The number of amides is 1. The molecule has 0 saturated carbocycles. The second-order valence-electron chi connectivity index (χ2n) is 6.63. The van der Waals surface area contributed by atoms with Crippen molar-refractivity contribution in [2.45, 2.75) is 13.5 Å². The minimum atomic E-state index is -0.0906. The molecule has 5 heteroatoms. The number of fused-ring (bicyclic) bond motifs is 1. The topological polar surface area (TPSA) is 66.9 Å². The Morgan fingerprint density at radius 3 is 2.68 bits per heavy atom. The average Bonchev–Trinajstić information content (AvgIpc) is 2.73. The van der Waals surface area contributed by atoms with Crippen molar-refractivity contribution in [3.8, 4) is 0 Å². The van der Waals surface area contributed by atoms with E-state index in [4.69, 9.17) is 0 Å². The van der Waals surface area contributed by atoms with Crippen molar-refractivity contribution >= 4 is 28.4 Å². The lowest BCUT2D eigenvalue weighted by Crippen LogP contribution is -2.22. The van der Waals surface area contributed by atoms with Crippen LogP contribution in [-0.4, -0.2) is 15.9 Å². The average molecular weight is 368 g/mol. The van der Waals surface area contributed by atoms with Crippen LogP contribution in [0.5, 0.6) is 0 Å². The third kappa shape index (κ3) is 4.15. The molecule has 2 N–H and O–H groups in total. The summed E-state index contributed by atoms with van der Waals surface area (Å²) in [6, 6.07) is 23.1. The van der Waals surface area contributed by atoms with E-state index in [0.717, 1.165) is 22.2 Å². The van der Waals surface area contributed by atoms with Gasteiger partial charge in [-0.3, -0.25) is 4.79 Å². The van der Waals surface area contributed by atoms with Crippen molar-refractivity contribution in [1.29, 1.82) is 0 Å². The van der Waals surface area contributed by atoms with E-state index in [1.807, 2.05) is 67.7 Å². The van der Waals surface area contributed by atoms with Gasteiger partial charge in [0.1, 0.15) is 0 Å². The molecule has 1 heterocycles. The molecule has 138 valence electrons. The first-order valence-electron chi connectivity index (χ1n) is 9.10. The van der Waals surface area contributed by atoms with Gasteiger partial charge in [0.25, 0.3) is 5.91 Å². The zero-order valence-electron chi connectivity index (χ0n) is 15.5. The third-order valence-electron chi connectivity index (χ3n) is 4.41. The zero-order valence-corrected chi connectivity index (χ0v) is 15.5. The lowest BCUT2D eigenvalue weighted by atomic mass is 10.1. The van der Waals surface area contributed by atoms with Crippen LogP contribution in [0, 0.1) is 6.92 Å². The molecule has 0 fully saturated rings. The molecule has 0 aliphatic heterocycles. The molecule has 0 atom stereocenters. The van der Waals surface area contributed by atoms with Gasteiger partial charge < -0.3 is 10.6 Å². The minimum absolute atomic E-state index is 0.0906. The monoisotopic (exact) mass is 368 g/mol. The van der Waals surface area contributed by atoms with E-state index in [0.29, 0.717) is 18.1 Å². The molecule has 0 saturated heterocycles. The molecular formula is C23H20N4O. The first-order valence-corrected chi connectivity index (χ1v) is 9.10. The number of carbonyl (C=O) groups is 1. The van der Waals surface area contributed by atoms with Gasteiger partial charge in [-0.05, 0) is 48.9 Å². The van der Waals surface area contributed by atoms with Crippen LogP contribution >= 0.6 is 0 Å². The number of benzene rings is 3. The first-order chi connectivity index (χ1) is 13.7. The lowest BCUT2D eigenvalue weighted by Gasteiger charge is -2.09. The van der Waals surface area contributed by atoms with Crippen LogP contribution in [0.3, 0.4) is 0 Å². The Morgan fingerprint density at radius 2 is 1.82 bits per heavy atom. The van der Waals surface area contributed by atoms with E-state index in [1.54, 1.807) is 12.1 Å². The Labute approximate surface area is 163 Å². The summed E-state index contributed by atoms with van der Waals surface area (Å²) in [5.74, 6) is 0.453. The van der Waals surface area contributed by atoms with Crippen molar-refractivity contribution in [3.05, 3.63) is 95.7 Å². The van der Waals surface area contributed by atoms with Crippen molar-refractivity contribution < 1.29 is 4.79 Å². The highest BCUT2D eigenvalue weighted by Gasteiger charge is 2.05. The molecule has 0 radical (unpaired) electrons. The maximum Gasteiger partial charge on any atom is 0.251 e. The molecule has 0 spiro atoms. The van der Waals surface area contributed by atoms with Gasteiger partial charge in [0.05, 0.1) is 5.52 Å². The van der Waals surface area contributed by atoms with Gasteiger partial charge in [-0.1, -0.05) is 42.0 Å². The normalized spacial score (nSPS) is 10.6. The molecule has 0 unspecified atom stereocenters. The van der Waals surface area contributed by atoms with Gasteiger partial charge in [0.2, 0.25) is 5.95 Å². The van der Waals surface area contributed by atoms with E-state index < -0.39 is 0 Å². The largest absolute Gasteiger partial charge is 0.348 e. The van der Waals surface area contributed by atoms with E-state index in [1.165, 1.54) is 5.56 Å². The highest BCUT2D eigenvalue weighted by molar-refractivity contribution is 5.94. The van der Waals surface area contributed by atoms with Gasteiger partial charge >= 0.3 is 0 Å². The number of rotatable bonds is 5. The second-order valence-corrected chi connectivity index (χ2v) is 6.63. The summed E-state index contributed by atoms with van der Waals surface area (Å²) in [6.45, 7) is 2.49. The highest BCUT2D eigenvalue weighted by atomic mass is 16.1. The molecule has 1 amide bonds. The first kappa shape index (κ1) is 17.7. The Morgan fingerprint density at radius 1 is 0.964 bits per heavy atom. The molecule has 4 rings (SSSR count). The second kappa shape index (κ2) is 7.88. The molecular weight excluding hydrogens is 348 g/mol. The summed E-state index contributed by atoms with van der Waals surface area (Å²) in [5.41, 5.74) is 4.59. The Kier molecular flexibility index (Phi) is 4.97. The van der Waals surface area contributed by atoms with Crippen LogP contribution in [0.1, 0.15) is 21.5 Å². The molecule has 3 aromatic carbocycles. The number of anilines is 2. The molecule has 0 bridgehead atoms. The number of aromatic nitrogens is 2. The van der Waals surface area contributed by atoms with E-state index in [-0.39, 0.29) is 5.91 Å². The lowest BCUT2D eigenvalue weighted by molar-refractivity contribution is 0.0951. The molecule has 0 aliphatic carbocycles. The number of aryl methyl sites for hydroxylation is 1. The molecule has 28 heavy (non-hydrogen) atoms. The smallest absolute Gasteiger partial charge is 0.251 e. The number of hydrogen-bond acceptors (Lipinski definition) is 4. The van der Waals surface area contributed by atoms with Crippen LogP contribution in [-0.2, 0) is 6.54 Å². The van der Waals surface area contributed by atoms with Crippen molar-refractivity contribution in [2.75, 3.05) is 5.32 Å². The van der Waals surface area contributed by atoms with Crippen molar-refractivity contribution in [2.24, 2.45) is 0 Å². The SMILES string of the molecule is Cc1ccc2nc(Nc3cccc(CNC(=O)c4ccccc4)c3)ncc2c1. The summed E-state index contributed by atoms with van der Waals surface area (Å²) < 4.78 is 0. The molecule has 4 aromatic rings. The van der Waals surface area contributed by atoms with Gasteiger partial charge in [0, 0.05) is 29.4 Å². The summed E-state index contributed by atoms with van der Waals surface area (Å²) in [7, 11) is 0. The fourth-order valence-corrected chi connectivity index (χ4v) is 2.98. The maximum atomic E-state index is 12.2. The molecule has 5 nitrogen and oxygen atoms in total. The number of hydrogen-bond donors (Lipinski definition) is 2. The van der Waals surface area contributed by atoms with Gasteiger partial charge in [-0.2, -0.15) is 0 Å². The Hall–Kier alpha value is -3.73. The van der Waals surface area contributed by atoms with Gasteiger partial charge in [-0.25, -0.2) is 9.97 Å². The number of carbonyl (C=O) groups excluding carboxylic acids is 1. The minimum Gasteiger partial charge on any atom is -0.348 e. The molecule has 0 aliphatic rings. The summed E-state index contributed by atoms with van der Waals surface area (Å²) >= 11 is 0. The zero-order chi connectivity index (χ0) is 19.3. The highest BCUT2D eigenvalue weighted by Crippen LogP contribution is 2.18. The Balaban J connectivity index is 1.45. The van der Waals surface area contributed by atoms with Crippen molar-refractivity contribution in [1.82, 2.24) is 15.3 Å². The summed E-state index contributed by atoms with van der Waals surface area (Å²) in [5, 5.41) is 7.19. The van der Waals surface area contributed by atoms with E-state index in [2.05, 4.69) is 26.7 Å².